The van der Waals surface area contributed by atoms with Crippen molar-refractivity contribution < 1.29 is 0 Å². The second kappa shape index (κ2) is 5.27. The van der Waals surface area contributed by atoms with E-state index in [0.29, 0.717) is 11.5 Å². The van der Waals surface area contributed by atoms with E-state index in [4.69, 9.17) is 0 Å². The summed E-state index contributed by atoms with van der Waals surface area (Å²) in [6, 6.07) is 1.46. The van der Waals surface area contributed by atoms with Gasteiger partial charge in [0.2, 0.25) is 0 Å². The summed E-state index contributed by atoms with van der Waals surface area (Å²) in [4.78, 5) is 2.79. The van der Waals surface area contributed by atoms with E-state index in [1.807, 2.05) is 0 Å². The van der Waals surface area contributed by atoms with Crippen LogP contribution in [0.4, 0.5) is 0 Å². The molecular weight excluding hydrogens is 208 g/mol. The Morgan fingerprint density at radius 1 is 1.29 bits per heavy atom. The first-order valence-electron chi connectivity index (χ1n) is 7.49. The molecule has 3 atom stereocenters. The Balaban J connectivity index is 2.02. The minimum Gasteiger partial charge on any atom is -0.315 e. The van der Waals surface area contributed by atoms with Gasteiger partial charge in [0.1, 0.15) is 0 Å². The van der Waals surface area contributed by atoms with Gasteiger partial charge in [-0.25, -0.2) is 0 Å². The number of likely N-dealkylation sites (N-methyl/N-ethyl adjacent to an activating group) is 1. The average molecular weight is 238 g/mol. The molecule has 1 aliphatic carbocycles. The number of nitrogens with zero attached hydrogens (tertiary/aromatic N) is 1. The lowest BCUT2D eigenvalue weighted by atomic mass is 9.85. The summed E-state index contributed by atoms with van der Waals surface area (Å²) in [6.07, 6.45) is 6.97. The first-order chi connectivity index (χ1) is 8.08. The van der Waals surface area contributed by atoms with Crippen molar-refractivity contribution in [2.24, 2.45) is 11.3 Å². The molecule has 1 aliphatic heterocycles. The zero-order valence-corrected chi connectivity index (χ0v) is 12.1. The molecule has 2 nitrogen and oxygen atoms in total. The molecule has 3 unspecified atom stereocenters. The molecular formula is C15H30N2. The molecule has 0 aromatic heterocycles. The largest absolute Gasteiger partial charge is 0.315 e. The molecule has 0 aromatic rings. The highest BCUT2D eigenvalue weighted by molar-refractivity contribution is 5.01. The Morgan fingerprint density at radius 2 is 2.06 bits per heavy atom. The Labute approximate surface area is 107 Å². The summed E-state index contributed by atoms with van der Waals surface area (Å²) in [5.41, 5.74) is 0.471. The second-order valence-electron chi connectivity index (χ2n) is 6.77. The highest BCUT2D eigenvalue weighted by Crippen LogP contribution is 2.40. The van der Waals surface area contributed by atoms with Gasteiger partial charge < -0.3 is 5.32 Å². The standard InChI is InChI=1S/C15H30N2/c1-5-12-7-6-10-17(11-12)13-8-9-15(2,3)14(13)16-4/h12-14,16H,5-11H2,1-4H3. The van der Waals surface area contributed by atoms with Gasteiger partial charge in [-0.3, -0.25) is 4.90 Å². The fourth-order valence-corrected chi connectivity index (χ4v) is 4.07. The van der Waals surface area contributed by atoms with Crippen molar-refractivity contribution in [2.45, 2.75) is 65.0 Å². The van der Waals surface area contributed by atoms with Crippen LogP contribution in [0.25, 0.3) is 0 Å². The molecule has 1 N–H and O–H groups in total. The lowest BCUT2D eigenvalue weighted by Gasteiger charge is -2.41. The van der Waals surface area contributed by atoms with Crippen LogP contribution in [0.5, 0.6) is 0 Å². The smallest absolute Gasteiger partial charge is 0.0271 e. The normalized spacial score (nSPS) is 38.5. The third-order valence-corrected chi connectivity index (χ3v) is 5.22. The molecule has 2 aliphatic rings. The number of hydrogen-bond donors (Lipinski definition) is 1. The number of likely N-dealkylation sites (tertiary alicyclic amines) is 1. The highest BCUT2D eigenvalue weighted by atomic mass is 15.2. The van der Waals surface area contributed by atoms with Crippen molar-refractivity contribution in [1.29, 1.82) is 0 Å². The van der Waals surface area contributed by atoms with Crippen LogP contribution in [0, 0.1) is 11.3 Å². The fraction of sp³-hybridized carbons (Fsp3) is 1.00. The van der Waals surface area contributed by atoms with Crippen molar-refractivity contribution in [3.05, 3.63) is 0 Å². The van der Waals surface area contributed by atoms with Crippen LogP contribution in [0.1, 0.15) is 52.9 Å². The predicted molar refractivity (Wildman–Crippen MR) is 74.2 cm³/mol. The van der Waals surface area contributed by atoms with Gasteiger partial charge in [0.25, 0.3) is 0 Å². The van der Waals surface area contributed by atoms with Crippen LogP contribution in [-0.4, -0.2) is 37.1 Å². The lowest BCUT2D eigenvalue weighted by Crippen LogP contribution is -2.53. The monoisotopic (exact) mass is 238 g/mol. The Kier molecular flexibility index (Phi) is 4.14. The zero-order chi connectivity index (χ0) is 12.5. The zero-order valence-electron chi connectivity index (χ0n) is 12.1. The first-order valence-corrected chi connectivity index (χ1v) is 7.49. The van der Waals surface area contributed by atoms with Crippen molar-refractivity contribution in [1.82, 2.24) is 10.2 Å². The van der Waals surface area contributed by atoms with Crippen molar-refractivity contribution >= 4 is 0 Å². The van der Waals surface area contributed by atoms with Crippen LogP contribution in [0.2, 0.25) is 0 Å². The third kappa shape index (κ3) is 2.68. The molecule has 2 fully saturated rings. The van der Waals surface area contributed by atoms with E-state index in [1.165, 1.54) is 45.2 Å². The summed E-state index contributed by atoms with van der Waals surface area (Å²) < 4.78 is 0. The van der Waals surface area contributed by atoms with Gasteiger partial charge >= 0.3 is 0 Å². The topological polar surface area (TPSA) is 15.3 Å². The molecule has 1 heterocycles. The molecule has 2 heteroatoms. The molecule has 0 amide bonds. The van der Waals surface area contributed by atoms with Crippen LogP contribution >= 0.6 is 0 Å². The molecule has 0 radical (unpaired) electrons. The SMILES string of the molecule is CCC1CCCN(C2CCC(C)(C)C2NC)C1. The molecule has 2 rings (SSSR count). The molecule has 1 saturated carbocycles. The van der Waals surface area contributed by atoms with Gasteiger partial charge in [0.05, 0.1) is 0 Å². The average Bonchev–Trinajstić information content (AvgIpc) is 2.64. The van der Waals surface area contributed by atoms with Gasteiger partial charge in [0, 0.05) is 18.6 Å². The van der Waals surface area contributed by atoms with E-state index in [2.05, 4.69) is 38.0 Å². The van der Waals surface area contributed by atoms with Gasteiger partial charge in [-0.15, -0.1) is 0 Å². The minimum absolute atomic E-state index is 0.471. The van der Waals surface area contributed by atoms with E-state index >= 15 is 0 Å². The fourth-order valence-electron chi connectivity index (χ4n) is 4.07. The van der Waals surface area contributed by atoms with Gasteiger partial charge in [-0.2, -0.15) is 0 Å². The van der Waals surface area contributed by atoms with Crippen molar-refractivity contribution in [3.8, 4) is 0 Å². The maximum absolute atomic E-state index is 3.59. The second-order valence-corrected chi connectivity index (χ2v) is 6.77. The maximum Gasteiger partial charge on any atom is 0.0271 e. The van der Waals surface area contributed by atoms with Gasteiger partial charge in [-0.1, -0.05) is 27.2 Å². The third-order valence-electron chi connectivity index (χ3n) is 5.22. The van der Waals surface area contributed by atoms with Crippen LogP contribution in [0.3, 0.4) is 0 Å². The van der Waals surface area contributed by atoms with Crippen molar-refractivity contribution in [2.75, 3.05) is 20.1 Å². The molecule has 17 heavy (non-hydrogen) atoms. The molecule has 100 valence electrons. The Morgan fingerprint density at radius 3 is 2.71 bits per heavy atom. The van der Waals surface area contributed by atoms with E-state index in [-0.39, 0.29) is 0 Å². The molecule has 0 aromatic carbocycles. The van der Waals surface area contributed by atoms with E-state index < -0.39 is 0 Å². The highest BCUT2D eigenvalue weighted by Gasteiger charge is 2.44. The van der Waals surface area contributed by atoms with E-state index in [1.54, 1.807) is 0 Å². The summed E-state index contributed by atoms with van der Waals surface area (Å²) in [5, 5.41) is 3.59. The first kappa shape index (κ1) is 13.4. The molecule has 1 saturated heterocycles. The van der Waals surface area contributed by atoms with Crippen molar-refractivity contribution in [3.63, 3.8) is 0 Å². The molecule has 0 bridgehead atoms. The maximum atomic E-state index is 3.59. The summed E-state index contributed by atoms with van der Waals surface area (Å²) in [6.45, 7) is 9.87. The summed E-state index contributed by atoms with van der Waals surface area (Å²) >= 11 is 0. The number of rotatable bonds is 3. The quantitative estimate of drug-likeness (QED) is 0.813. The van der Waals surface area contributed by atoms with E-state index in [9.17, 15) is 0 Å². The number of hydrogen-bond acceptors (Lipinski definition) is 2. The lowest BCUT2D eigenvalue weighted by molar-refractivity contribution is 0.0952. The van der Waals surface area contributed by atoms with Crippen LogP contribution in [0.15, 0.2) is 0 Å². The minimum atomic E-state index is 0.471. The number of piperidine rings is 1. The Hall–Kier alpha value is -0.0800. The van der Waals surface area contributed by atoms with Gasteiger partial charge in [-0.05, 0) is 50.6 Å². The summed E-state index contributed by atoms with van der Waals surface area (Å²) in [5.74, 6) is 0.949. The van der Waals surface area contributed by atoms with Crippen LogP contribution < -0.4 is 5.32 Å². The Bertz CT molecular complexity index is 249. The molecule has 0 spiro atoms. The van der Waals surface area contributed by atoms with Gasteiger partial charge in [0.15, 0.2) is 0 Å². The van der Waals surface area contributed by atoms with Crippen LogP contribution in [-0.2, 0) is 0 Å². The van der Waals surface area contributed by atoms with E-state index in [0.717, 1.165) is 12.0 Å². The summed E-state index contributed by atoms with van der Waals surface area (Å²) in [7, 11) is 2.14. The predicted octanol–water partition coefficient (Wildman–Crippen LogP) is 2.89. The number of nitrogens with one attached hydrogen (secondary N) is 1.